The van der Waals surface area contributed by atoms with Gasteiger partial charge in [-0.3, -0.25) is 14.5 Å². The molecule has 1 heterocycles. The number of rotatable bonds is 10. The molecule has 1 saturated heterocycles. The molecule has 1 saturated carbocycles. The van der Waals surface area contributed by atoms with E-state index in [0.29, 0.717) is 62.6 Å². The Balaban J connectivity index is 1.33. The number of halogens is 6. The highest BCUT2D eigenvalue weighted by Crippen LogP contribution is 2.32. The minimum absolute atomic E-state index is 0.0560. The molecule has 2 aromatic carbocycles. The second-order valence-electron chi connectivity index (χ2n) is 11.4. The van der Waals surface area contributed by atoms with Gasteiger partial charge in [-0.2, -0.15) is 13.2 Å². The van der Waals surface area contributed by atoms with E-state index in [1.54, 1.807) is 11.0 Å². The molecule has 3 amide bonds. The number of alkyl halides is 3. The lowest BCUT2D eigenvalue weighted by atomic mass is 9.84. The number of anilines is 2. The molecule has 2 aromatic rings. The van der Waals surface area contributed by atoms with Crippen LogP contribution in [0.4, 0.5) is 38.1 Å². The minimum Gasteiger partial charge on any atom is -0.465 e. The second-order valence-corrected chi connectivity index (χ2v) is 11.8. The Hall–Kier alpha value is -3.65. The van der Waals surface area contributed by atoms with Crippen molar-refractivity contribution in [2.45, 2.75) is 57.3 Å². The molecule has 0 bridgehead atoms. The third-order valence-corrected chi connectivity index (χ3v) is 8.40. The summed E-state index contributed by atoms with van der Waals surface area (Å²) in [5.74, 6) is -3.85. The molecule has 1 aliphatic carbocycles. The lowest BCUT2D eigenvalue weighted by molar-refractivity contribution is -0.138. The molecule has 4 N–H and O–H groups in total. The lowest BCUT2D eigenvalue weighted by Gasteiger charge is -2.37. The summed E-state index contributed by atoms with van der Waals surface area (Å²) < 4.78 is 67.8. The molecular formula is C30H35ClF5N5O4. The summed E-state index contributed by atoms with van der Waals surface area (Å²) in [5.41, 5.74) is 0.0877. The molecule has 1 aliphatic heterocycles. The third kappa shape index (κ3) is 9.92. The largest absolute Gasteiger partial charge is 0.465 e. The van der Waals surface area contributed by atoms with Crippen LogP contribution >= 0.6 is 11.6 Å². The standard InChI is InChI=1S/C30H35ClF5N5O4/c31-20-4-8-23(24(16-20)41-13-11-40(12-14-41)10-9-30(34,35)36)39-28(43)22-7-3-19(26(32)27(22)33)17-37-25(42)15-18-1-5-21(6-2-18)38-29(44)45/h3-4,7-8,16,18,21,38H,1-2,5-6,9-15,17H2,(H,37,42)(H,39,43)(H,44,45). The molecule has 0 unspecified atom stereocenters. The highest BCUT2D eigenvalue weighted by Gasteiger charge is 2.30. The van der Waals surface area contributed by atoms with Crippen molar-refractivity contribution in [3.8, 4) is 0 Å². The Morgan fingerprint density at radius 1 is 0.956 bits per heavy atom. The first kappa shape index (κ1) is 34.2. The zero-order valence-corrected chi connectivity index (χ0v) is 25.1. The van der Waals surface area contributed by atoms with Gasteiger partial charge in [-0.1, -0.05) is 17.7 Å². The number of hydrogen-bond donors (Lipinski definition) is 4. The Morgan fingerprint density at radius 2 is 1.64 bits per heavy atom. The van der Waals surface area contributed by atoms with Gasteiger partial charge in [0.25, 0.3) is 5.91 Å². The average Bonchev–Trinajstić information content (AvgIpc) is 2.98. The number of piperazine rings is 1. The molecule has 246 valence electrons. The number of amides is 3. The Morgan fingerprint density at radius 3 is 2.29 bits per heavy atom. The van der Waals surface area contributed by atoms with Crippen molar-refractivity contribution in [3.05, 3.63) is 58.1 Å². The van der Waals surface area contributed by atoms with E-state index in [-0.39, 0.29) is 48.6 Å². The topological polar surface area (TPSA) is 114 Å². The van der Waals surface area contributed by atoms with Crippen LogP contribution in [0.5, 0.6) is 0 Å². The maximum absolute atomic E-state index is 15.0. The predicted molar refractivity (Wildman–Crippen MR) is 158 cm³/mol. The number of carboxylic acid groups (broad SMARTS) is 1. The molecule has 15 heteroatoms. The summed E-state index contributed by atoms with van der Waals surface area (Å²) in [5, 5.41) is 16.8. The Kier molecular flexibility index (Phi) is 11.5. The van der Waals surface area contributed by atoms with Crippen molar-refractivity contribution in [1.82, 2.24) is 15.5 Å². The van der Waals surface area contributed by atoms with Gasteiger partial charge in [0.15, 0.2) is 11.6 Å². The molecule has 9 nitrogen and oxygen atoms in total. The van der Waals surface area contributed by atoms with E-state index in [1.807, 2.05) is 4.90 Å². The first-order valence-electron chi connectivity index (χ1n) is 14.7. The van der Waals surface area contributed by atoms with E-state index in [2.05, 4.69) is 16.0 Å². The summed E-state index contributed by atoms with van der Waals surface area (Å²) in [7, 11) is 0. The SMILES string of the molecule is O=C(O)NC1CCC(CC(=O)NCc2ccc(C(=O)Nc3ccc(Cl)cc3N3CCN(CCC(F)(F)F)CC3)c(F)c2F)CC1. The number of hydrogen-bond acceptors (Lipinski definition) is 5. The van der Waals surface area contributed by atoms with E-state index < -0.39 is 41.8 Å². The molecule has 4 rings (SSSR count). The van der Waals surface area contributed by atoms with Crippen molar-refractivity contribution in [2.24, 2.45) is 5.92 Å². The van der Waals surface area contributed by atoms with Gasteiger partial charge in [0.2, 0.25) is 5.91 Å². The van der Waals surface area contributed by atoms with Crippen LogP contribution in [0.3, 0.4) is 0 Å². The van der Waals surface area contributed by atoms with Gasteiger partial charge in [-0.25, -0.2) is 13.6 Å². The third-order valence-electron chi connectivity index (χ3n) is 8.16. The van der Waals surface area contributed by atoms with Crippen LogP contribution in [0, 0.1) is 17.6 Å². The highest BCUT2D eigenvalue weighted by atomic mass is 35.5. The number of nitrogens with one attached hydrogen (secondary N) is 3. The van der Waals surface area contributed by atoms with E-state index in [1.165, 1.54) is 18.2 Å². The van der Waals surface area contributed by atoms with Crippen LogP contribution in [0.1, 0.15) is 54.4 Å². The monoisotopic (exact) mass is 659 g/mol. The zero-order chi connectivity index (χ0) is 32.7. The van der Waals surface area contributed by atoms with E-state index in [9.17, 15) is 31.9 Å². The second kappa shape index (κ2) is 15.1. The molecule has 0 radical (unpaired) electrons. The summed E-state index contributed by atoms with van der Waals surface area (Å²) in [4.78, 5) is 39.8. The quantitative estimate of drug-likeness (QED) is 0.241. The highest BCUT2D eigenvalue weighted by molar-refractivity contribution is 6.31. The molecule has 0 spiro atoms. The van der Waals surface area contributed by atoms with Crippen LogP contribution in [-0.2, 0) is 11.3 Å². The molecule has 45 heavy (non-hydrogen) atoms. The average molecular weight is 660 g/mol. The van der Waals surface area contributed by atoms with E-state index >= 15 is 4.39 Å². The van der Waals surface area contributed by atoms with Crippen molar-refractivity contribution in [3.63, 3.8) is 0 Å². The zero-order valence-electron chi connectivity index (χ0n) is 24.4. The fraction of sp³-hybridized carbons (Fsp3) is 0.500. The molecule has 2 aliphatic rings. The number of benzene rings is 2. The molecule has 0 aromatic heterocycles. The lowest BCUT2D eigenvalue weighted by Crippen LogP contribution is -2.47. The van der Waals surface area contributed by atoms with E-state index in [0.717, 1.165) is 6.07 Å². The van der Waals surface area contributed by atoms with Crippen LogP contribution < -0.4 is 20.9 Å². The van der Waals surface area contributed by atoms with E-state index in [4.69, 9.17) is 16.7 Å². The van der Waals surface area contributed by atoms with Crippen LogP contribution in [0.15, 0.2) is 30.3 Å². The van der Waals surface area contributed by atoms with Crippen molar-refractivity contribution < 1.29 is 41.4 Å². The number of carbonyl (C=O) groups excluding carboxylic acids is 2. The van der Waals surface area contributed by atoms with Crippen molar-refractivity contribution in [1.29, 1.82) is 0 Å². The van der Waals surface area contributed by atoms with Crippen LogP contribution in [0.25, 0.3) is 0 Å². The summed E-state index contributed by atoms with van der Waals surface area (Å²) in [6.07, 6.45) is -3.49. The molecule has 0 atom stereocenters. The van der Waals surface area contributed by atoms with Gasteiger partial charge in [-0.05, 0) is 55.9 Å². The Labute approximate surface area is 262 Å². The molecule has 2 fully saturated rings. The van der Waals surface area contributed by atoms with Gasteiger partial charge in [0.05, 0.1) is 23.4 Å². The van der Waals surface area contributed by atoms with Gasteiger partial charge in [0.1, 0.15) is 0 Å². The normalized spacial score (nSPS) is 19.2. The minimum atomic E-state index is -4.24. The number of nitrogens with zero attached hydrogens (tertiary/aromatic N) is 2. The summed E-state index contributed by atoms with van der Waals surface area (Å²) in [6.45, 7) is 1.06. The maximum Gasteiger partial charge on any atom is 0.404 e. The van der Waals surface area contributed by atoms with Gasteiger partial charge in [-0.15, -0.1) is 0 Å². The fourth-order valence-electron chi connectivity index (χ4n) is 5.67. The number of carbonyl (C=O) groups is 3. The predicted octanol–water partition coefficient (Wildman–Crippen LogP) is 5.78. The smallest absolute Gasteiger partial charge is 0.404 e. The fourth-order valence-corrected chi connectivity index (χ4v) is 5.84. The van der Waals surface area contributed by atoms with Crippen LogP contribution in [-0.4, -0.2) is 72.9 Å². The molecular weight excluding hydrogens is 625 g/mol. The van der Waals surface area contributed by atoms with Gasteiger partial charge >= 0.3 is 12.3 Å². The van der Waals surface area contributed by atoms with Gasteiger partial charge < -0.3 is 26.0 Å². The van der Waals surface area contributed by atoms with Crippen LogP contribution in [0.2, 0.25) is 5.02 Å². The summed E-state index contributed by atoms with van der Waals surface area (Å²) in [6, 6.07) is 6.82. The first-order chi connectivity index (χ1) is 21.3. The van der Waals surface area contributed by atoms with Gasteiger partial charge in [0, 0.05) is 62.3 Å². The summed E-state index contributed by atoms with van der Waals surface area (Å²) >= 11 is 6.17. The van der Waals surface area contributed by atoms with Crippen molar-refractivity contribution in [2.75, 3.05) is 42.9 Å². The van der Waals surface area contributed by atoms with Crippen molar-refractivity contribution >= 4 is 40.9 Å². The Bertz CT molecular complexity index is 1380. The maximum atomic E-state index is 15.0. The first-order valence-corrected chi connectivity index (χ1v) is 15.0.